The molecule has 5 heteroatoms. The van der Waals surface area contributed by atoms with E-state index < -0.39 is 5.97 Å². The van der Waals surface area contributed by atoms with Crippen LogP contribution in [0, 0.1) is 5.92 Å². The summed E-state index contributed by atoms with van der Waals surface area (Å²) in [6, 6.07) is 0. The number of carbonyl (C=O) groups is 2. The van der Waals surface area contributed by atoms with Crippen LogP contribution in [0.2, 0.25) is 0 Å². The molecule has 0 radical (unpaired) electrons. The molecule has 26 heavy (non-hydrogen) atoms. The number of hydrogen-bond donors (Lipinski definition) is 2. The molecule has 156 valence electrons. The van der Waals surface area contributed by atoms with Crippen molar-refractivity contribution in [1.82, 2.24) is 0 Å². The molecule has 1 atom stereocenters. The van der Waals surface area contributed by atoms with Gasteiger partial charge in [-0.1, -0.05) is 90.9 Å². The molecule has 0 aromatic carbocycles. The number of esters is 1. The highest BCUT2D eigenvalue weighted by Crippen LogP contribution is 2.20. The Labute approximate surface area is 161 Å². The van der Waals surface area contributed by atoms with Gasteiger partial charge in [-0.3, -0.25) is 9.59 Å². The third-order valence-electron chi connectivity index (χ3n) is 4.52. The van der Waals surface area contributed by atoms with Crippen LogP contribution in [0.5, 0.6) is 0 Å². The van der Waals surface area contributed by atoms with Crippen molar-refractivity contribution < 1.29 is 19.4 Å². The third-order valence-corrected chi connectivity index (χ3v) is 4.52. The predicted molar refractivity (Wildman–Crippen MR) is 108 cm³/mol. The third kappa shape index (κ3) is 20.9. The van der Waals surface area contributed by atoms with E-state index in [1.807, 2.05) is 0 Å². The van der Waals surface area contributed by atoms with Crippen molar-refractivity contribution in [3.8, 4) is 0 Å². The van der Waals surface area contributed by atoms with E-state index in [2.05, 4.69) is 19.6 Å². The monoisotopic (exact) mass is 373 g/mol. The summed E-state index contributed by atoms with van der Waals surface area (Å²) in [6.07, 6.45) is 17.6. The number of aliphatic carboxylic acids is 1. The Hall–Kier alpha value is -1.10. The molecule has 3 N–H and O–H groups in total. The number of carboxylic acids is 1. The fourth-order valence-electron chi connectivity index (χ4n) is 2.89. The summed E-state index contributed by atoms with van der Waals surface area (Å²) in [6.45, 7) is 4.21. The molecule has 0 saturated heterocycles. The number of nitrogens with two attached hydrogens (primary N) is 1. The number of methoxy groups -OCH3 is 1. The minimum Gasteiger partial charge on any atom is -0.480 e. The summed E-state index contributed by atoms with van der Waals surface area (Å²) in [5, 5.41) is 7.60. The van der Waals surface area contributed by atoms with Gasteiger partial charge in [0.2, 0.25) is 0 Å². The fourth-order valence-corrected chi connectivity index (χ4v) is 2.89. The van der Waals surface area contributed by atoms with Crippen LogP contribution in [-0.4, -0.2) is 30.7 Å². The van der Waals surface area contributed by atoms with Crippen LogP contribution in [0.4, 0.5) is 0 Å². The van der Waals surface area contributed by atoms with Crippen molar-refractivity contribution in [2.24, 2.45) is 11.7 Å². The molecule has 0 bridgehead atoms. The van der Waals surface area contributed by atoms with Gasteiger partial charge in [0.05, 0.1) is 19.6 Å². The molecule has 0 aliphatic rings. The van der Waals surface area contributed by atoms with E-state index in [9.17, 15) is 9.59 Å². The maximum absolute atomic E-state index is 11.8. The first kappa shape index (κ1) is 27.1. The molecule has 0 saturated carbocycles. The number of unbranched alkanes of at least 4 members (excludes halogenated alkanes) is 10. The second-order valence-electron chi connectivity index (χ2n) is 6.93. The van der Waals surface area contributed by atoms with Gasteiger partial charge in [0, 0.05) is 0 Å². The lowest BCUT2D eigenvalue weighted by molar-refractivity contribution is -0.146. The van der Waals surface area contributed by atoms with Crippen LogP contribution in [0.15, 0.2) is 0 Å². The Bertz CT molecular complexity index is 321. The van der Waals surface area contributed by atoms with Crippen LogP contribution >= 0.6 is 0 Å². The van der Waals surface area contributed by atoms with Crippen molar-refractivity contribution in [3.05, 3.63) is 0 Å². The van der Waals surface area contributed by atoms with Gasteiger partial charge >= 0.3 is 11.9 Å². The quantitative estimate of drug-likeness (QED) is 0.283. The Morgan fingerprint density at radius 2 is 1.15 bits per heavy atom. The first-order valence-corrected chi connectivity index (χ1v) is 10.5. The van der Waals surface area contributed by atoms with E-state index in [-0.39, 0.29) is 18.4 Å². The number of hydrogen-bond acceptors (Lipinski definition) is 4. The highest BCUT2D eigenvalue weighted by Gasteiger charge is 2.17. The highest BCUT2D eigenvalue weighted by atomic mass is 16.5. The van der Waals surface area contributed by atoms with Crippen LogP contribution < -0.4 is 5.73 Å². The molecule has 0 heterocycles. The van der Waals surface area contributed by atoms with E-state index in [1.165, 1.54) is 84.2 Å². The van der Waals surface area contributed by atoms with Gasteiger partial charge in [-0.15, -0.1) is 0 Å². The maximum Gasteiger partial charge on any atom is 0.317 e. The Kier molecular flexibility index (Phi) is 22.9. The molecule has 0 spiro atoms. The smallest absolute Gasteiger partial charge is 0.317 e. The van der Waals surface area contributed by atoms with Gasteiger partial charge in [0.1, 0.15) is 0 Å². The lowest BCUT2D eigenvalue weighted by atomic mass is 9.94. The standard InChI is InChI=1S/C19H38O2.C2H5NO2/c1-4-6-8-10-11-13-15-17-18(19(20)21-3)16-14-12-9-7-5-2;3-1-2(4)5/h18H,4-17H2,1-3H3;1,3H2,(H,4,5). The number of ether oxygens (including phenoxy) is 1. The summed E-state index contributed by atoms with van der Waals surface area (Å²) in [7, 11) is 1.52. The van der Waals surface area contributed by atoms with Crippen molar-refractivity contribution in [2.75, 3.05) is 13.7 Å². The van der Waals surface area contributed by atoms with Crippen molar-refractivity contribution >= 4 is 11.9 Å². The van der Waals surface area contributed by atoms with Crippen LogP contribution in [0.25, 0.3) is 0 Å². The average molecular weight is 374 g/mol. The lowest BCUT2D eigenvalue weighted by Crippen LogP contribution is -2.16. The van der Waals surface area contributed by atoms with Crippen molar-refractivity contribution in [1.29, 1.82) is 0 Å². The van der Waals surface area contributed by atoms with E-state index in [4.69, 9.17) is 9.84 Å². The van der Waals surface area contributed by atoms with Gasteiger partial charge < -0.3 is 15.6 Å². The molecular weight excluding hydrogens is 330 g/mol. The topological polar surface area (TPSA) is 89.6 Å². The molecule has 0 aromatic heterocycles. The Morgan fingerprint density at radius 3 is 1.46 bits per heavy atom. The molecule has 1 unspecified atom stereocenters. The number of carbonyl (C=O) groups excluding carboxylic acids is 1. The second-order valence-corrected chi connectivity index (χ2v) is 6.93. The maximum atomic E-state index is 11.8. The summed E-state index contributed by atoms with van der Waals surface area (Å²) in [5.41, 5.74) is 4.57. The predicted octanol–water partition coefficient (Wildman–Crippen LogP) is 5.31. The van der Waals surface area contributed by atoms with Crippen LogP contribution in [0.1, 0.15) is 104 Å². The van der Waals surface area contributed by atoms with E-state index >= 15 is 0 Å². The minimum absolute atomic E-state index is 0.0106. The van der Waals surface area contributed by atoms with Gasteiger partial charge in [0.15, 0.2) is 0 Å². The van der Waals surface area contributed by atoms with Crippen molar-refractivity contribution in [2.45, 2.75) is 104 Å². The Morgan fingerprint density at radius 1 is 0.808 bits per heavy atom. The largest absolute Gasteiger partial charge is 0.480 e. The number of carboxylic acid groups (broad SMARTS) is 1. The van der Waals surface area contributed by atoms with Gasteiger partial charge in [-0.05, 0) is 12.8 Å². The molecular formula is C21H43NO4. The first-order chi connectivity index (χ1) is 12.5. The number of rotatable bonds is 16. The van der Waals surface area contributed by atoms with Crippen LogP contribution in [-0.2, 0) is 14.3 Å². The SMILES string of the molecule is CCCCCCCCCC(CCCCCCC)C(=O)OC.NCC(=O)O. The summed E-state index contributed by atoms with van der Waals surface area (Å²) >= 11 is 0. The zero-order valence-corrected chi connectivity index (χ0v) is 17.4. The van der Waals surface area contributed by atoms with Gasteiger partial charge in [0.25, 0.3) is 0 Å². The molecule has 0 amide bonds. The molecule has 0 rings (SSSR count). The van der Waals surface area contributed by atoms with E-state index in [1.54, 1.807) is 0 Å². The summed E-state index contributed by atoms with van der Waals surface area (Å²) in [5.74, 6) is -0.811. The molecule has 5 nitrogen and oxygen atoms in total. The zero-order valence-electron chi connectivity index (χ0n) is 17.4. The molecule has 0 fully saturated rings. The molecule has 0 aliphatic heterocycles. The fraction of sp³-hybridized carbons (Fsp3) is 0.905. The summed E-state index contributed by atoms with van der Waals surface area (Å²) in [4.78, 5) is 21.1. The Balaban J connectivity index is 0. The van der Waals surface area contributed by atoms with Gasteiger partial charge in [-0.25, -0.2) is 0 Å². The molecule has 0 aliphatic carbocycles. The minimum atomic E-state index is -0.968. The van der Waals surface area contributed by atoms with E-state index in [0.717, 1.165) is 12.8 Å². The molecule has 0 aromatic rings. The highest BCUT2D eigenvalue weighted by molar-refractivity contribution is 5.72. The summed E-state index contributed by atoms with van der Waals surface area (Å²) < 4.78 is 4.96. The average Bonchev–Trinajstić information content (AvgIpc) is 2.65. The normalized spacial score (nSPS) is 11.4. The van der Waals surface area contributed by atoms with Crippen LogP contribution in [0.3, 0.4) is 0 Å². The lowest BCUT2D eigenvalue weighted by Gasteiger charge is -2.14. The first-order valence-electron chi connectivity index (χ1n) is 10.5. The van der Waals surface area contributed by atoms with E-state index in [0.29, 0.717) is 0 Å². The van der Waals surface area contributed by atoms with Gasteiger partial charge in [-0.2, -0.15) is 0 Å². The van der Waals surface area contributed by atoms with Crippen molar-refractivity contribution in [3.63, 3.8) is 0 Å². The second kappa shape index (κ2) is 21.9. The zero-order chi connectivity index (χ0) is 20.0.